The van der Waals surface area contributed by atoms with Gasteiger partial charge < -0.3 is 0 Å². The van der Waals surface area contributed by atoms with Gasteiger partial charge in [-0.3, -0.25) is 0 Å². The Hall–Kier alpha value is -0.310. The van der Waals surface area contributed by atoms with Gasteiger partial charge in [0.2, 0.25) is 0 Å². The Balaban J connectivity index is 2.95. The largest absolute Gasteiger partial charge is 0.236 e. The molecule has 2 rings (SSSR count). The van der Waals surface area contributed by atoms with Crippen LogP contribution in [0.15, 0.2) is 22.7 Å². The number of pyridine rings is 1. The molecule has 0 fully saturated rings. The Morgan fingerprint density at radius 1 is 1.29 bits per heavy atom. The van der Waals surface area contributed by atoms with Gasteiger partial charge in [0, 0.05) is 9.86 Å². The molecule has 0 aliphatic carbocycles. The fourth-order valence-electron chi connectivity index (χ4n) is 1.39. The molecule has 0 saturated carbocycles. The van der Waals surface area contributed by atoms with Crippen LogP contribution in [0.3, 0.4) is 0 Å². The van der Waals surface area contributed by atoms with E-state index in [4.69, 9.17) is 23.2 Å². The van der Waals surface area contributed by atoms with Crippen molar-refractivity contribution in [3.8, 4) is 0 Å². The van der Waals surface area contributed by atoms with E-state index in [1.807, 2.05) is 19.1 Å². The number of benzene rings is 1. The van der Waals surface area contributed by atoms with Crippen molar-refractivity contribution < 1.29 is 0 Å². The summed E-state index contributed by atoms with van der Waals surface area (Å²) in [5.41, 5.74) is 1.90. The zero-order valence-electron chi connectivity index (χ0n) is 7.31. The number of halogens is 3. The van der Waals surface area contributed by atoms with Crippen molar-refractivity contribution in [2.75, 3.05) is 0 Å². The summed E-state index contributed by atoms with van der Waals surface area (Å²) in [7, 11) is 0. The van der Waals surface area contributed by atoms with Crippen molar-refractivity contribution in [1.82, 2.24) is 4.98 Å². The van der Waals surface area contributed by atoms with Crippen molar-refractivity contribution in [2.24, 2.45) is 0 Å². The SMILES string of the molecule is Cc1c(Br)ccc2nc(Cl)cc(Cl)c12. The molecular weight excluding hydrogens is 285 g/mol. The first-order chi connectivity index (χ1) is 6.59. The molecule has 0 unspecified atom stereocenters. The summed E-state index contributed by atoms with van der Waals surface area (Å²) in [6.07, 6.45) is 0. The van der Waals surface area contributed by atoms with Crippen LogP contribution in [0.2, 0.25) is 10.2 Å². The van der Waals surface area contributed by atoms with Crippen LogP contribution in [0.1, 0.15) is 5.56 Å². The highest BCUT2D eigenvalue weighted by molar-refractivity contribution is 9.10. The predicted molar refractivity (Wildman–Crippen MR) is 64.2 cm³/mol. The lowest BCUT2D eigenvalue weighted by atomic mass is 10.1. The number of rotatable bonds is 0. The minimum Gasteiger partial charge on any atom is -0.236 e. The van der Waals surface area contributed by atoms with E-state index in [1.165, 1.54) is 0 Å². The summed E-state index contributed by atoms with van der Waals surface area (Å²) in [4.78, 5) is 4.20. The van der Waals surface area contributed by atoms with E-state index in [0.717, 1.165) is 20.9 Å². The van der Waals surface area contributed by atoms with Crippen LogP contribution in [0.25, 0.3) is 10.9 Å². The van der Waals surface area contributed by atoms with Gasteiger partial charge in [-0.05, 0) is 30.7 Å². The highest BCUT2D eigenvalue weighted by Crippen LogP contribution is 2.31. The highest BCUT2D eigenvalue weighted by atomic mass is 79.9. The summed E-state index contributed by atoms with van der Waals surface area (Å²) in [5, 5.41) is 2.01. The smallest absolute Gasteiger partial charge is 0.131 e. The molecule has 0 aliphatic rings. The average Bonchev–Trinajstić information content (AvgIpc) is 2.10. The summed E-state index contributed by atoms with van der Waals surface area (Å²) >= 11 is 15.4. The van der Waals surface area contributed by atoms with Crippen LogP contribution < -0.4 is 0 Å². The monoisotopic (exact) mass is 289 g/mol. The fraction of sp³-hybridized carbons (Fsp3) is 0.100. The molecule has 0 N–H and O–H groups in total. The molecule has 0 amide bonds. The van der Waals surface area contributed by atoms with Crippen molar-refractivity contribution in [2.45, 2.75) is 6.92 Å². The Morgan fingerprint density at radius 2 is 2.00 bits per heavy atom. The maximum atomic E-state index is 6.09. The van der Waals surface area contributed by atoms with Gasteiger partial charge in [0.1, 0.15) is 5.15 Å². The van der Waals surface area contributed by atoms with Gasteiger partial charge in [-0.1, -0.05) is 39.1 Å². The van der Waals surface area contributed by atoms with Crippen LogP contribution in [0, 0.1) is 6.92 Å². The van der Waals surface area contributed by atoms with E-state index in [9.17, 15) is 0 Å². The number of hydrogen-bond acceptors (Lipinski definition) is 1. The van der Waals surface area contributed by atoms with Gasteiger partial charge in [0.15, 0.2) is 0 Å². The van der Waals surface area contributed by atoms with Gasteiger partial charge >= 0.3 is 0 Å². The van der Waals surface area contributed by atoms with Gasteiger partial charge in [-0.15, -0.1) is 0 Å². The molecule has 1 aromatic heterocycles. The molecule has 1 nitrogen and oxygen atoms in total. The van der Waals surface area contributed by atoms with E-state index in [1.54, 1.807) is 6.07 Å². The minimum absolute atomic E-state index is 0.421. The van der Waals surface area contributed by atoms with Crippen molar-refractivity contribution >= 4 is 50.0 Å². The van der Waals surface area contributed by atoms with Crippen LogP contribution in [0.4, 0.5) is 0 Å². The Kier molecular flexibility index (Phi) is 2.69. The highest BCUT2D eigenvalue weighted by Gasteiger charge is 2.07. The average molecular weight is 291 g/mol. The summed E-state index contributed by atoms with van der Waals surface area (Å²) < 4.78 is 1.02. The number of fused-ring (bicyclic) bond motifs is 1. The predicted octanol–water partition coefficient (Wildman–Crippen LogP) is 4.61. The third-order valence-electron chi connectivity index (χ3n) is 2.09. The quantitative estimate of drug-likeness (QED) is 0.646. The lowest BCUT2D eigenvalue weighted by Gasteiger charge is -2.06. The van der Waals surface area contributed by atoms with Crippen molar-refractivity contribution in [3.05, 3.63) is 38.4 Å². The van der Waals surface area contributed by atoms with Gasteiger partial charge in [-0.2, -0.15) is 0 Å². The number of aryl methyl sites for hydroxylation is 1. The van der Waals surface area contributed by atoms with Crippen LogP contribution in [-0.4, -0.2) is 4.98 Å². The van der Waals surface area contributed by atoms with E-state index in [2.05, 4.69) is 20.9 Å². The molecule has 72 valence electrons. The summed E-state index contributed by atoms with van der Waals surface area (Å²) in [5.74, 6) is 0. The molecule has 1 aromatic carbocycles. The molecule has 0 spiro atoms. The maximum Gasteiger partial charge on any atom is 0.131 e. The molecule has 2 aromatic rings. The maximum absolute atomic E-state index is 6.09. The topological polar surface area (TPSA) is 12.9 Å². The van der Waals surface area contributed by atoms with E-state index in [-0.39, 0.29) is 0 Å². The molecule has 0 bridgehead atoms. The van der Waals surface area contributed by atoms with Crippen molar-refractivity contribution in [3.63, 3.8) is 0 Å². The van der Waals surface area contributed by atoms with E-state index < -0.39 is 0 Å². The first-order valence-electron chi connectivity index (χ1n) is 4.00. The first kappa shape index (κ1) is 10.2. The molecule has 1 heterocycles. The Morgan fingerprint density at radius 3 is 2.71 bits per heavy atom. The molecule has 0 atom stereocenters. The van der Waals surface area contributed by atoms with Gasteiger partial charge in [0.25, 0.3) is 0 Å². The van der Waals surface area contributed by atoms with Gasteiger partial charge in [0.05, 0.1) is 10.5 Å². The second-order valence-electron chi connectivity index (χ2n) is 2.99. The summed E-state index contributed by atoms with van der Waals surface area (Å²) in [6.45, 7) is 1.99. The molecule has 4 heteroatoms. The molecule has 0 saturated heterocycles. The Bertz CT molecular complexity index is 511. The number of aromatic nitrogens is 1. The second-order valence-corrected chi connectivity index (χ2v) is 4.64. The molecule has 0 aliphatic heterocycles. The van der Waals surface area contributed by atoms with Crippen LogP contribution in [0.5, 0.6) is 0 Å². The third kappa shape index (κ3) is 1.62. The molecular formula is C10H6BrCl2N. The number of nitrogens with zero attached hydrogens (tertiary/aromatic N) is 1. The van der Waals surface area contributed by atoms with Gasteiger partial charge in [-0.25, -0.2) is 4.98 Å². The van der Waals surface area contributed by atoms with E-state index in [0.29, 0.717) is 10.2 Å². The van der Waals surface area contributed by atoms with Crippen molar-refractivity contribution in [1.29, 1.82) is 0 Å². The first-order valence-corrected chi connectivity index (χ1v) is 5.55. The fourth-order valence-corrected chi connectivity index (χ4v) is 2.32. The normalized spacial score (nSPS) is 10.9. The lowest BCUT2D eigenvalue weighted by molar-refractivity contribution is 1.38. The summed E-state index contributed by atoms with van der Waals surface area (Å²) in [6, 6.07) is 5.49. The zero-order valence-corrected chi connectivity index (χ0v) is 10.4. The second kappa shape index (κ2) is 3.69. The number of hydrogen-bond donors (Lipinski definition) is 0. The van der Waals surface area contributed by atoms with Crippen LogP contribution >= 0.6 is 39.1 Å². The standard InChI is InChI=1S/C10H6BrCl2N/c1-5-6(11)2-3-8-10(5)7(12)4-9(13)14-8/h2-4H,1H3. The molecule has 0 radical (unpaired) electrons. The third-order valence-corrected chi connectivity index (χ3v) is 3.44. The molecule has 14 heavy (non-hydrogen) atoms. The van der Waals surface area contributed by atoms with Crippen LogP contribution in [-0.2, 0) is 0 Å². The lowest BCUT2D eigenvalue weighted by Crippen LogP contribution is -1.86. The zero-order chi connectivity index (χ0) is 10.3. The Labute approximate surface area is 100 Å². The minimum atomic E-state index is 0.421. The van der Waals surface area contributed by atoms with E-state index >= 15 is 0 Å².